The van der Waals surface area contributed by atoms with Crippen molar-refractivity contribution in [1.82, 2.24) is 5.06 Å². The van der Waals surface area contributed by atoms with Crippen LogP contribution in [0.1, 0.15) is 12.0 Å². The van der Waals surface area contributed by atoms with Gasteiger partial charge in [-0.1, -0.05) is 30.3 Å². The fraction of sp³-hybridized carbons (Fsp3) is 0.417. The molecule has 1 amide bonds. The van der Waals surface area contributed by atoms with Gasteiger partial charge in [0.05, 0.1) is 13.2 Å². The lowest BCUT2D eigenvalue weighted by Gasteiger charge is -2.25. The topological polar surface area (TPSA) is 29.5 Å². The van der Waals surface area contributed by atoms with Crippen molar-refractivity contribution in [2.45, 2.75) is 13.0 Å². The first-order valence-corrected chi connectivity index (χ1v) is 5.33. The van der Waals surface area contributed by atoms with Gasteiger partial charge in [0.15, 0.2) is 0 Å². The molecule has 1 aliphatic carbocycles. The highest BCUT2D eigenvalue weighted by Crippen LogP contribution is 2.43. The van der Waals surface area contributed by atoms with Gasteiger partial charge in [-0.2, -0.15) is 0 Å². The Hall–Kier alpha value is -1.35. The molecule has 3 heteroatoms. The number of amides is 1. The third-order valence-electron chi connectivity index (χ3n) is 3.10. The van der Waals surface area contributed by atoms with Crippen LogP contribution in [0.5, 0.6) is 0 Å². The summed E-state index contributed by atoms with van der Waals surface area (Å²) in [4.78, 5) is 17.2. The smallest absolute Gasteiger partial charge is 0.249 e. The highest BCUT2D eigenvalue weighted by atomic mass is 16.7. The first-order chi connectivity index (χ1) is 7.34. The Morgan fingerprint density at radius 1 is 1.33 bits per heavy atom. The molecule has 1 saturated heterocycles. The van der Waals surface area contributed by atoms with Crippen LogP contribution in [0.15, 0.2) is 30.3 Å². The van der Waals surface area contributed by atoms with Crippen LogP contribution in [0.2, 0.25) is 0 Å². The first kappa shape index (κ1) is 8.92. The Kier molecular flexibility index (Phi) is 1.99. The van der Waals surface area contributed by atoms with E-state index in [1.807, 2.05) is 30.3 Å². The Labute approximate surface area is 88.6 Å². The van der Waals surface area contributed by atoms with Crippen molar-refractivity contribution in [3.63, 3.8) is 0 Å². The average Bonchev–Trinajstić information content (AvgIpc) is 3.04. The van der Waals surface area contributed by atoms with Gasteiger partial charge in [0.1, 0.15) is 0 Å². The molecule has 0 N–H and O–H groups in total. The molecule has 0 bridgehead atoms. The molecule has 1 heterocycles. The molecule has 1 saturated carbocycles. The van der Waals surface area contributed by atoms with Crippen LogP contribution in [0.25, 0.3) is 0 Å². The maximum absolute atomic E-state index is 11.8. The lowest BCUT2D eigenvalue weighted by molar-refractivity contribution is -0.203. The van der Waals surface area contributed by atoms with E-state index in [1.54, 1.807) is 0 Å². The van der Waals surface area contributed by atoms with Crippen molar-refractivity contribution in [2.24, 2.45) is 11.8 Å². The highest BCUT2D eigenvalue weighted by molar-refractivity contribution is 5.81. The van der Waals surface area contributed by atoms with Crippen LogP contribution in [-0.2, 0) is 16.2 Å². The van der Waals surface area contributed by atoms with E-state index in [0.29, 0.717) is 19.1 Å². The number of benzene rings is 1. The van der Waals surface area contributed by atoms with Gasteiger partial charge >= 0.3 is 0 Å². The lowest BCUT2D eigenvalue weighted by atomic mass is 10.2. The molecule has 1 aromatic carbocycles. The van der Waals surface area contributed by atoms with E-state index in [0.717, 1.165) is 12.0 Å². The standard InChI is InChI=1S/C12H13NO2/c14-12-11-6-10(11)8-15-13(12)7-9-4-2-1-3-5-9/h1-5,10-11H,6-8H2/t10-,11-/m0/s1. The summed E-state index contributed by atoms with van der Waals surface area (Å²) in [5, 5.41) is 1.52. The molecule has 15 heavy (non-hydrogen) atoms. The molecule has 1 aliphatic heterocycles. The predicted octanol–water partition coefficient (Wildman–Crippen LogP) is 1.60. The maximum Gasteiger partial charge on any atom is 0.249 e. The summed E-state index contributed by atoms with van der Waals surface area (Å²) in [6.07, 6.45) is 1.02. The number of hydrogen-bond acceptors (Lipinski definition) is 2. The largest absolute Gasteiger partial charge is 0.272 e. The Morgan fingerprint density at radius 3 is 2.93 bits per heavy atom. The summed E-state index contributed by atoms with van der Waals surface area (Å²) in [6.45, 7) is 1.28. The van der Waals surface area contributed by atoms with E-state index in [9.17, 15) is 4.79 Å². The van der Waals surface area contributed by atoms with Gasteiger partial charge in [0.25, 0.3) is 0 Å². The normalized spacial score (nSPS) is 28.8. The number of rotatable bonds is 2. The summed E-state index contributed by atoms with van der Waals surface area (Å²) in [5.41, 5.74) is 1.12. The fourth-order valence-electron chi connectivity index (χ4n) is 2.04. The molecule has 0 aromatic heterocycles. The SMILES string of the molecule is O=C1[C@H]2C[C@H]2CON1Cc1ccccc1. The second-order valence-electron chi connectivity index (χ2n) is 4.26. The molecule has 0 spiro atoms. The van der Waals surface area contributed by atoms with Crippen molar-refractivity contribution in [2.75, 3.05) is 6.61 Å². The van der Waals surface area contributed by atoms with Gasteiger partial charge in [-0.05, 0) is 17.9 Å². The Bertz CT molecular complexity index is 376. The molecule has 0 radical (unpaired) electrons. The van der Waals surface area contributed by atoms with Gasteiger partial charge in [0, 0.05) is 5.92 Å². The number of nitrogens with zero attached hydrogens (tertiary/aromatic N) is 1. The van der Waals surface area contributed by atoms with Crippen molar-refractivity contribution >= 4 is 5.91 Å². The van der Waals surface area contributed by atoms with Crippen LogP contribution >= 0.6 is 0 Å². The first-order valence-electron chi connectivity index (χ1n) is 5.33. The summed E-state index contributed by atoms with van der Waals surface area (Å²) < 4.78 is 0. The molecule has 78 valence electrons. The molecule has 2 atom stereocenters. The zero-order chi connectivity index (χ0) is 10.3. The van der Waals surface area contributed by atoms with Crippen molar-refractivity contribution in [3.8, 4) is 0 Å². The molecule has 2 fully saturated rings. The Morgan fingerprint density at radius 2 is 2.13 bits per heavy atom. The van der Waals surface area contributed by atoms with Crippen LogP contribution in [0.4, 0.5) is 0 Å². The number of hydroxylamine groups is 2. The zero-order valence-corrected chi connectivity index (χ0v) is 8.43. The second kappa shape index (κ2) is 3.35. The van der Waals surface area contributed by atoms with Crippen LogP contribution in [0, 0.1) is 11.8 Å². The van der Waals surface area contributed by atoms with Gasteiger partial charge in [-0.15, -0.1) is 0 Å². The molecule has 1 aromatic rings. The number of carbonyl (C=O) groups is 1. The number of hydrogen-bond donors (Lipinski definition) is 0. The maximum atomic E-state index is 11.8. The van der Waals surface area contributed by atoms with E-state index >= 15 is 0 Å². The Balaban J connectivity index is 1.70. The van der Waals surface area contributed by atoms with E-state index in [4.69, 9.17) is 4.84 Å². The second-order valence-corrected chi connectivity index (χ2v) is 4.26. The van der Waals surface area contributed by atoms with Crippen molar-refractivity contribution in [1.29, 1.82) is 0 Å². The van der Waals surface area contributed by atoms with Crippen LogP contribution < -0.4 is 0 Å². The minimum Gasteiger partial charge on any atom is -0.272 e. The highest BCUT2D eigenvalue weighted by Gasteiger charge is 2.49. The molecule has 2 aliphatic rings. The monoisotopic (exact) mass is 203 g/mol. The molecular formula is C12H13NO2. The number of fused-ring (bicyclic) bond motifs is 1. The van der Waals surface area contributed by atoms with E-state index in [2.05, 4.69) is 0 Å². The summed E-state index contributed by atoms with van der Waals surface area (Å²) in [6, 6.07) is 9.94. The molecular weight excluding hydrogens is 190 g/mol. The van der Waals surface area contributed by atoms with Gasteiger partial charge in [0.2, 0.25) is 5.91 Å². The van der Waals surface area contributed by atoms with Crippen LogP contribution in [-0.4, -0.2) is 17.6 Å². The predicted molar refractivity (Wildman–Crippen MR) is 54.5 cm³/mol. The summed E-state index contributed by atoms with van der Waals surface area (Å²) in [7, 11) is 0. The molecule has 0 unspecified atom stereocenters. The minimum absolute atomic E-state index is 0.162. The fourth-order valence-corrected chi connectivity index (χ4v) is 2.04. The number of carbonyl (C=O) groups excluding carboxylic acids is 1. The van der Waals surface area contributed by atoms with Gasteiger partial charge in [-0.25, -0.2) is 5.06 Å². The van der Waals surface area contributed by atoms with Crippen molar-refractivity contribution < 1.29 is 9.63 Å². The van der Waals surface area contributed by atoms with Crippen LogP contribution in [0.3, 0.4) is 0 Å². The minimum atomic E-state index is 0.162. The average molecular weight is 203 g/mol. The van der Waals surface area contributed by atoms with Crippen molar-refractivity contribution in [3.05, 3.63) is 35.9 Å². The molecule has 3 nitrogen and oxygen atoms in total. The van der Waals surface area contributed by atoms with Gasteiger partial charge < -0.3 is 0 Å². The van der Waals surface area contributed by atoms with E-state index in [-0.39, 0.29) is 11.8 Å². The van der Waals surface area contributed by atoms with E-state index in [1.165, 1.54) is 5.06 Å². The summed E-state index contributed by atoms with van der Waals surface area (Å²) in [5.74, 6) is 0.919. The van der Waals surface area contributed by atoms with Gasteiger partial charge in [-0.3, -0.25) is 9.63 Å². The lowest BCUT2D eigenvalue weighted by Crippen LogP contribution is -2.36. The quantitative estimate of drug-likeness (QED) is 0.730. The summed E-state index contributed by atoms with van der Waals surface area (Å²) >= 11 is 0. The molecule has 3 rings (SSSR count). The third-order valence-corrected chi connectivity index (χ3v) is 3.10. The zero-order valence-electron chi connectivity index (χ0n) is 8.43. The third kappa shape index (κ3) is 1.63. The van der Waals surface area contributed by atoms with E-state index < -0.39 is 0 Å².